The third-order valence-corrected chi connectivity index (χ3v) is 0.223. The molecule has 0 bridgehead atoms. The summed E-state index contributed by atoms with van der Waals surface area (Å²) < 4.78 is 0. The van der Waals surface area contributed by atoms with Crippen LogP contribution in [0.3, 0.4) is 0 Å². The third-order valence-electron chi connectivity index (χ3n) is 0.223. The standard InChI is InChI=1S/C3H6O2.V/c1-3(5)2-4;/h4H,2H2,1H3;. The van der Waals surface area contributed by atoms with Gasteiger partial charge in [-0.1, -0.05) is 0 Å². The summed E-state index contributed by atoms with van der Waals surface area (Å²) in [5.74, 6) is -0.190. The van der Waals surface area contributed by atoms with Gasteiger partial charge in [0.15, 0.2) is 5.78 Å². The average Bonchev–Trinajstić information content (AvgIpc) is 1.38. The van der Waals surface area contributed by atoms with Gasteiger partial charge in [0.1, 0.15) is 6.61 Å². The number of carbonyl (C=O) groups excluding carboxylic acids is 1. The summed E-state index contributed by atoms with van der Waals surface area (Å²) in [5.41, 5.74) is 0. The molecule has 0 aliphatic heterocycles. The van der Waals surface area contributed by atoms with Crippen molar-refractivity contribution in [1.29, 1.82) is 0 Å². The van der Waals surface area contributed by atoms with Gasteiger partial charge in [-0.15, -0.1) is 0 Å². The Labute approximate surface area is 48.4 Å². The van der Waals surface area contributed by atoms with E-state index in [-0.39, 0.29) is 30.9 Å². The normalized spacial score (nSPS) is 6.33. The molecule has 1 N–H and O–H groups in total. The van der Waals surface area contributed by atoms with E-state index in [0.717, 1.165) is 0 Å². The van der Waals surface area contributed by atoms with E-state index < -0.39 is 0 Å². The van der Waals surface area contributed by atoms with Gasteiger partial charge in [0, 0.05) is 18.6 Å². The Morgan fingerprint density at radius 2 is 2.00 bits per heavy atom. The molecular weight excluding hydrogens is 119 g/mol. The SMILES string of the molecule is CC(=O)CO.[V]. The van der Waals surface area contributed by atoms with Crippen molar-refractivity contribution in [3.63, 3.8) is 0 Å². The van der Waals surface area contributed by atoms with Crippen molar-refractivity contribution in [2.24, 2.45) is 0 Å². The maximum atomic E-state index is 9.56. The molecular formula is C3H6O2V. The molecule has 0 rings (SSSR count). The molecule has 0 aliphatic rings. The van der Waals surface area contributed by atoms with Crippen LogP contribution >= 0.6 is 0 Å². The van der Waals surface area contributed by atoms with Crippen molar-refractivity contribution < 1.29 is 28.5 Å². The maximum absolute atomic E-state index is 9.56. The second kappa shape index (κ2) is 5.21. The molecule has 0 amide bonds. The van der Waals surface area contributed by atoms with E-state index in [4.69, 9.17) is 5.11 Å². The summed E-state index contributed by atoms with van der Waals surface area (Å²) in [6.07, 6.45) is 0. The number of hydrogen-bond acceptors (Lipinski definition) is 2. The number of rotatable bonds is 1. The summed E-state index contributed by atoms with van der Waals surface area (Å²) in [4.78, 5) is 9.56. The van der Waals surface area contributed by atoms with Crippen LogP contribution in [0.15, 0.2) is 0 Å². The number of aliphatic hydroxyl groups excluding tert-OH is 1. The predicted molar refractivity (Wildman–Crippen MR) is 17.8 cm³/mol. The van der Waals surface area contributed by atoms with E-state index in [1.807, 2.05) is 0 Å². The molecule has 0 aromatic carbocycles. The first kappa shape index (κ1) is 9.51. The topological polar surface area (TPSA) is 37.3 Å². The molecule has 0 aromatic heterocycles. The fourth-order valence-corrected chi connectivity index (χ4v) is 0. The minimum Gasteiger partial charge on any atom is -0.389 e. The van der Waals surface area contributed by atoms with Gasteiger partial charge in [-0.05, 0) is 6.92 Å². The van der Waals surface area contributed by atoms with E-state index in [1.165, 1.54) is 6.92 Å². The van der Waals surface area contributed by atoms with Crippen molar-refractivity contribution in [3.05, 3.63) is 0 Å². The van der Waals surface area contributed by atoms with E-state index in [1.54, 1.807) is 0 Å². The van der Waals surface area contributed by atoms with E-state index in [2.05, 4.69) is 0 Å². The molecule has 0 spiro atoms. The zero-order chi connectivity index (χ0) is 4.28. The van der Waals surface area contributed by atoms with E-state index in [0.29, 0.717) is 0 Å². The van der Waals surface area contributed by atoms with Crippen molar-refractivity contribution in [2.75, 3.05) is 6.61 Å². The fraction of sp³-hybridized carbons (Fsp3) is 0.667. The molecule has 0 saturated heterocycles. The fourth-order valence-electron chi connectivity index (χ4n) is 0. The number of aliphatic hydroxyl groups is 1. The summed E-state index contributed by atoms with van der Waals surface area (Å²) in [6, 6.07) is 0. The molecule has 0 aromatic rings. The first-order chi connectivity index (χ1) is 2.27. The molecule has 0 saturated carbocycles. The van der Waals surface area contributed by atoms with Crippen LogP contribution in [0.4, 0.5) is 0 Å². The van der Waals surface area contributed by atoms with Gasteiger partial charge in [0.25, 0.3) is 0 Å². The molecule has 6 heavy (non-hydrogen) atoms. The van der Waals surface area contributed by atoms with Crippen LogP contribution < -0.4 is 0 Å². The van der Waals surface area contributed by atoms with Crippen molar-refractivity contribution in [2.45, 2.75) is 6.92 Å². The Bertz CT molecular complexity index is 44.1. The van der Waals surface area contributed by atoms with E-state index in [9.17, 15) is 4.79 Å². The molecule has 0 atom stereocenters. The summed E-state index contributed by atoms with van der Waals surface area (Å²) in [7, 11) is 0. The minimum atomic E-state index is -0.333. The molecule has 35 valence electrons. The quantitative estimate of drug-likeness (QED) is 0.516. The maximum Gasteiger partial charge on any atom is 0.155 e. The average molecular weight is 125 g/mol. The summed E-state index contributed by atoms with van der Waals surface area (Å²) in [6.45, 7) is 1.000. The predicted octanol–water partition coefficient (Wildman–Crippen LogP) is -0.435. The number of hydrogen-bond donors (Lipinski definition) is 1. The number of ketones is 1. The van der Waals surface area contributed by atoms with Gasteiger partial charge >= 0.3 is 0 Å². The Morgan fingerprint density at radius 3 is 2.00 bits per heavy atom. The molecule has 1 radical (unpaired) electrons. The van der Waals surface area contributed by atoms with Crippen LogP contribution in [0.1, 0.15) is 6.92 Å². The van der Waals surface area contributed by atoms with Gasteiger partial charge in [-0.3, -0.25) is 4.79 Å². The van der Waals surface area contributed by atoms with Crippen LogP contribution in [-0.4, -0.2) is 17.5 Å². The van der Waals surface area contributed by atoms with Gasteiger partial charge < -0.3 is 5.11 Å². The van der Waals surface area contributed by atoms with Crippen LogP contribution in [0, 0.1) is 0 Å². The van der Waals surface area contributed by atoms with Crippen LogP contribution in [-0.2, 0) is 23.4 Å². The van der Waals surface area contributed by atoms with Gasteiger partial charge in [0.2, 0.25) is 0 Å². The molecule has 3 heteroatoms. The Morgan fingerprint density at radius 1 is 1.83 bits per heavy atom. The third kappa shape index (κ3) is 8.88. The molecule has 0 unspecified atom stereocenters. The smallest absolute Gasteiger partial charge is 0.155 e. The van der Waals surface area contributed by atoms with Crippen LogP contribution in [0.2, 0.25) is 0 Å². The molecule has 0 aliphatic carbocycles. The van der Waals surface area contributed by atoms with Gasteiger partial charge in [-0.2, -0.15) is 0 Å². The van der Waals surface area contributed by atoms with Crippen LogP contribution in [0.25, 0.3) is 0 Å². The molecule has 0 fully saturated rings. The molecule has 0 heterocycles. The summed E-state index contributed by atoms with van der Waals surface area (Å²) in [5, 5.41) is 7.79. The van der Waals surface area contributed by atoms with Crippen LogP contribution in [0.5, 0.6) is 0 Å². The van der Waals surface area contributed by atoms with Crippen molar-refractivity contribution >= 4 is 5.78 Å². The van der Waals surface area contributed by atoms with E-state index >= 15 is 0 Å². The zero-order valence-electron chi connectivity index (χ0n) is 3.51. The van der Waals surface area contributed by atoms with Gasteiger partial charge in [0.05, 0.1) is 0 Å². The number of Topliss-reactive ketones (excluding diaryl/α,β-unsaturated/α-hetero) is 1. The first-order valence-corrected chi connectivity index (χ1v) is 1.37. The van der Waals surface area contributed by atoms with Gasteiger partial charge in [-0.25, -0.2) is 0 Å². The largest absolute Gasteiger partial charge is 0.389 e. The first-order valence-electron chi connectivity index (χ1n) is 1.37. The zero-order valence-corrected chi connectivity index (χ0v) is 4.91. The molecule has 2 nitrogen and oxygen atoms in total. The Kier molecular flexibility index (Phi) is 8.27. The minimum absolute atomic E-state index is 0. The Balaban J connectivity index is 0. The van der Waals surface area contributed by atoms with Crippen molar-refractivity contribution in [3.8, 4) is 0 Å². The van der Waals surface area contributed by atoms with Crippen molar-refractivity contribution in [1.82, 2.24) is 0 Å². The second-order valence-electron chi connectivity index (χ2n) is 0.860. The second-order valence-corrected chi connectivity index (χ2v) is 0.860. The Hall–Kier alpha value is 0.214. The summed E-state index contributed by atoms with van der Waals surface area (Å²) >= 11 is 0. The number of carbonyl (C=O) groups is 1. The monoisotopic (exact) mass is 125 g/mol.